The third kappa shape index (κ3) is 16.5. The van der Waals surface area contributed by atoms with Gasteiger partial charge in [0, 0.05) is 68.7 Å². The number of urea groups is 1. The topological polar surface area (TPSA) is 324 Å². The van der Waals surface area contributed by atoms with Crippen LogP contribution in [-0.2, 0) is 46.5 Å². The number of aromatic nitrogens is 3. The lowest BCUT2D eigenvalue weighted by Gasteiger charge is -2.30. The van der Waals surface area contributed by atoms with Crippen LogP contribution in [0.5, 0.6) is 0 Å². The van der Waals surface area contributed by atoms with E-state index < -0.39 is 41.9 Å². The van der Waals surface area contributed by atoms with Crippen molar-refractivity contribution in [1.82, 2.24) is 41.1 Å². The molecule has 2 aromatic carbocycles. The summed E-state index contributed by atoms with van der Waals surface area (Å²) in [5.74, 6) is -3.10. The van der Waals surface area contributed by atoms with Crippen molar-refractivity contribution in [1.29, 1.82) is 0 Å². The van der Waals surface area contributed by atoms with Crippen LogP contribution < -0.4 is 48.3 Å². The SMILES string of the molecule is CC(C)[C@H](NC(=O)CCCCCN1C(=O)C=CC1=O)C(=O)N[C@@H](CCCNC(N)=O)C(=O)Nc1ccc(COC(=O)NCCc2cccc(-c3cnc(N)c(C(=O)Nc4cnccc4N4CCOCC4)n3)c2)cc1. The van der Waals surface area contributed by atoms with Crippen LogP contribution in [0.25, 0.3) is 11.3 Å². The number of hydrogen-bond donors (Lipinski definition) is 8. The van der Waals surface area contributed by atoms with Gasteiger partial charge in [0.1, 0.15) is 18.7 Å². The Morgan fingerprint density at radius 1 is 0.824 bits per heavy atom. The molecule has 0 bridgehead atoms. The number of morpholine rings is 1. The van der Waals surface area contributed by atoms with Crippen LogP contribution in [0, 0.1) is 5.92 Å². The van der Waals surface area contributed by atoms with Crippen molar-refractivity contribution >= 4 is 70.4 Å². The lowest BCUT2D eigenvalue weighted by molar-refractivity contribution is -0.137. The molecule has 10 N–H and O–H groups in total. The molecule has 4 aromatic rings. The third-order valence-electron chi connectivity index (χ3n) is 12.0. The minimum absolute atomic E-state index is 0.0311. The van der Waals surface area contributed by atoms with Gasteiger partial charge in [-0.2, -0.15) is 0 Å². The van der Waals surface area contributed by atoms with Crippen LogP contribution in [-0.4, -0.2) is 125 Å². The van der Waals surface area contributed by atoms with Crippen LogP contribution in [0.4, 0.5) is 32.5 Å². The second-order valence-corrected chi connectivity index (χ2v) is 17.8. The highest BCUT2D eigenvalue weighted by atomic mass is 16.5. The number of benzene rings is 2. The monoisotopic (exact) mass is 1020 g/mol. The molecule has 1 fully saturated rings. The van der Waals surface area contributed by atoms with Gasteiger partial charge in [-0.15, -0.1) is 0 Å². The number of pyridine rings is 1. The molecule has 1 saturated heterocycles. The maximum Gasteiger partial charge on any atom is 0.407 e. The molecule has 2 aliphatic heterocycles. The molecule has 0 spiro atoms. The molecule has 0 unspecified atom stereocenters. The highest BCUT2D eigenvalue weighted by Crippen LogP contribution is 2.27. The first kappa shape index (κ1) is 54.9. The van der Waals surface area contributed by atoms with Crippen molar-refractivity contribution in [3.63, 3.8) is 0 Å². The van der Waals surface area contributed by atoms with Crippen LogP contribution in [0.2, 0.25) is 0 Å². The van der Waals surface area contributed by atoms with Crippen molar-refractivity contribution in [3.05, 3.63) is 102 Å². The van der Waals surface area contributed by atoms with E-state index in [0.29, 0.717) is 86.6 Å². The van der Waals surface area contributed by atoms with E-state index in [2.05, 4.69) is 51.8 Å². The molecule has 0 aliphatic carbocycles. The number of carbonyl (C=O) groups excluding carboxylic acids is 8. The number of anilines is 4. The standard InChI is InChI=1S/C51H63N13O10/c1-32(2)44(62-41(65)11-4-3-5-23-64-42(66)16-17-43(64)67)48(69)60-37(10-7-20-55-50(53)71)47(68)58-36-14-12-34(13-15-36)31-74-51(72)56-22-18-33-8-6-9-35(28-33)38-30-57-46(52)45(59-38)49(70)61-39-29-54-21-19-40(39)63-24-26-73-27-25-63/h6,8-9,12-17,19,21,28-30,32,37,44H,3-5,7,10-11,18,20,22-27,31H2,1-2H3,(H2,52,57)(H,56,72)(H,58,68)(H,60,69)(H,61,70)(H,62,65)(H3,53,55,71)/t37-,44-/m0/s1. The Balaban J connectivity index is 0.949. The van der Waals surface area contributed by atoms with Gasteiger partial charge in [0.25, 0.3) is 17.7 Å². The zero-order valence-electron chi connectivity index (χ0n) is 41.4. The number of ether oxygens (including phenoxy) is 2. The Kier molecular flexibility index (Phi) is 20.3. The summed E-state index contributed by atoms with van der Waals surface area (Å²) in [6.45, 7) is 6.59. The van der Waals surface area contributed by atoms with Gasteiger partial charge in [0.05, 0.1) is 42.7 Å². The highest BCUT2D eigenvalue weighted by Gasteiger charge is 2.29. The zero-order valence-corrected chi connectivity index (χ0v) is 41.4. The first-order chi connectivity index (χ1) is 35.6. The van der Waals surface area contributed by atoms with E-state index in [1.54, 1.807) is 50.5 Å². The fourth-order valence-corrected chi connectivity index (χ4v) is 7.97. The number of rotatable bonds is 25. The first-order valence-electron chi connectivity index (χ1n) is 24.4. The van der Waals surface area contributed by atoms with Gasteiger partial charge < -0.3 is 57.7 Å². The van der Waals surface area contributed by atoms with Gasteiger partial charge in [0.15, 0.2) is 11.5 Å². The summed E-state index contributed by atoms with van der Waals surface area (Å²) < 4.78 is 10.9. The molecule has 0 saturated carbocycles. The van der Waals surface area contributed by atoms with Crippen LogP contribution in [0.3, 0.4) is 0 Å². The van der Waals surface area contributed by atoms with Crippen LogP contribution in [0.1, 0.15) is 74.0 Å². The fraction of sp³-hybridized carbons (Fsp3) is 0.392. The number of alkyl carbamates (subject to hydrolysis) is 1. The van der Waals surface area contributed by atoms with Crippen molar-refractivity contribution in [2.24, 2.45) is 11.7 Å². The molecular formula is C51H63N13O10. The summed E-state index contributed by atoms with van der Waals surface area (Å²) in [6, 6.07) is 13.1. The minimum Gasteiger partial charge on any atom is -0.445 e. The lowest BCUT2D eigenvalue weighted by Crippen LogP contribution is -2.54. The molecule has 2 aromatic heterocycles. The second kappa shape index (κ2) is 27.4. The summed E-state index contributed by atoms with van der Waals surface area (Å²) in [5.41, 5.74) is 15.6. The Hall–Kier alpha value is -8.47. The van der Waals surface area contributed by atoms with Crippen molar-refractivity contribution < 1.29 is 47.8 Å². The average molecular weight is 1020 g/mol. The number of imide groups is 1. The first-order valence-corrected chi connectivity index (χ1v) is 24.4. The van der Waals surface area contributed by atoms with Gasteiger partial charge in [-0.05, 0) is 73.4 Å². The zero-order chi connectivity index (χ0) is 53.0. The number of primary amides is 1. The van der Waals surface area contributed by atoms with Crippen LogP contribution in [0.15, 0.2) is 85.3 Å². The van der Waals surface area contributed by atoms with E-state index in [0.717, 1.165) is 16.2 Å². The summed E-state index contributed by atoms with van der Waals surface area (Å²) in [4.78, 5) is 117. The number of nitrogens with zero attached hydrogens (tertiary/aromatic N) is 5. The van der Waals surface area contributed by atoms with E-state index in [-0.39, 0.29) is 74.2 Å². The summed E-state index contributed by atoms with van der Waals surface area (Å²) >= 11 is 0. The third-order valence-corrected chi connectivity index (χ3v) is 12.0. The molecule has 0 radical (unpaired) electrons. The summed E-state index contributed by atoms with van der Waals surface area (Å²) in [7, 11) is 0. The number of nitrogen functional groups attached to an aromatic ring is 1. The molecule has 2 atom stereocenters. The number of nitrogens with two attached hydrogens (primary N) is 2. The number of amides is 9. The Morgan fingerprint density at radius 2 is 1.58 bits per heavy atom. The van der Waals surface area contributed by atoms with Crippen molar-refractivity contribution in [3.8, 4) is 11.3 Å². The van der Waals surface area contributed by atoms with Gasteiger partial charge in [0.2, 0.25) is 17.7 Å². The van der Waals surface area contributed by atoms with Gasteiger partial charge in [-0.25, -0.2) is 19.6 Å². The van der Waals surface area contributed by atoms with Crippen molar-refractivity contribution in [2.75, 3.05) is 67.2 Å². The Bertz CT molecular complexity index is 2660. The molecule has 392 valence electrons. The van der Waals surface area contributed by atoms with Crippen molar-refractivity contribution in [2.45, 2.75) is 77.5 Å². The maximum absolute atomic E-state index is 13.6. The van der Waals surface area contributed by atoms with E-state index in [1.807, 2.05) is 30.3 Å². The summed E-state index contributed by atoms with van der Waals surface area (Å²) in [5, 5.41) is 16.4. The van der Waals surface area contributed by atoms with E-state index in [4.69, 9.17) is 20.9 Å². The fourth-order valence-electron chi connectivity index (χ4n) is 7.97. The molecule has 74 heavy (non-hydrogen) atoms. The molecular weight excluding hydrogens is 955 g/mol. The summed E-state index contributed by atoms with van der Waals surface area (Å²) in [6.07, 6.45) is 9.08. The normalized spacial score (nSPS) is 14.0. The minimum atomic E-state index is -1.05. The molecule has 9 amide bonds. The quantitative estimate of drug-likeness (QED) is 0.0349. The Labute approximate surface area is 428 Å². The predicted octanol–water partition coefficient (Wildman–Crippen LogP) is 3.18. The van der Waals surface area contributed by atoms with Crippen LogP contribution >= 0.6 is 0 Å². The largest absolute Gasteiger partial charge is 0.445 e. The number of nitrogens with one attached hydrogen (secondary N) is 6. The highest BCUT2D eigenvalue weighted by molar-refractivity contribution is 6.13. The maximum atomic E-state index is 13.6. The molecule has 4 heterocycles. The molecule has 23 heteroatoms. The van der Waals surface area contributed by atoms with Gasteiger partial charge in [-0.3, -0.25) is 38.7 Å². The lowest BCUT2D eigenvalue weighted by atomic mass is 10.0. The Morgan fingerprint density at radius 3 is 2.31 bits per heavy atom. The number of hydrogen-bond acceptors (Lipinski definition) is 15. The van der Waals surface area contributed by atoms with E-state index in [9.17, 15) is 38.4 Å². The molecule has 23 nitrogen and oxygen atoms in total. The second-order valence-electron chi connectivity index (χ2n) is 17.8. The average Bonchev–Trinajstić information content (AvgIpc) is 3.71. The van der Waals surface area contributed by atoms with E-state index in [1.165, 1.54) is 18.3 Å². The molecule has 6 rings (SSSR count). The smallest absolute Gasteiger partial charge is 0.407 e. The van der Waals surface area contributed by atoms with Gasteiger partial charge >= 0.3 is 12.1 Å². The van der Waals surface area contributed by atoms with Gasteiger partial charge in [-0.1, -0.05) is 50.6 Å². The molecule has 2 aliphatic rings. The number of carbonyl (C=O) groups is 8. The van der Waals surface area contributed by atoms with E-state index >= 15 is 0 Å². The number of unbranched alkanes of at least 4 members (excludes halogenated alkanes) is 2. The predicted molar refractivity (Wildman–Crippen MR) is 274 cm³/mol.